The van der Waals surface area contributed by atoms with Crippen molar-refractivity contribution < 1.29 is 30.7 Å². The summed E-state index contributed by atoms with van der Waals surface area (Å²) in [6, 6.07) is 8.77. The van der Waals surface area contributed by atoms with Crippen molar-refractivity contribution in [3.8, 4) is 23.0 Å². The SMILES string of the molecule is CCCCc1ccc(-c2cc(F)c(C#Cc3cc(F)c4c(F)c(F)c(F)cc4c3)c(F)c2)c(F)c1. The second kappa shape index (κ2) is 9.83. The van der Waals surface area contributed by atoms with Crippen LogP contribution in [0, 0.1) is 52.6 Å². The molecular formula is C28H17F7. The highest BCUT2D eigenvalue weighted by molar-refractivity contribution is 5.85. The minimum Gasteiger partial charge on any atom is -0.206 e. The number of halogens is 7. The van der Waals surface area contributed by atoms with Gasteiger partial charge >= 0.3 is 0 Å². The Bertz CT molecular complexity index is 1490. The fraction of sp³-hybridized carbons (Fsp3) is 0.143. The summed E-state index contributed by atoms with van der Waals surface area (Å²) in [6.45, 7) is 2.01. The molecule has 4 aromatic rings. The molecule has 0 amide bonds. The van der Waals surface area contributed by atoms with Crippen LogP contribution >= 0.6 is 0 Å². The minimum atomic E-state index is -1.81. The van der Waals surface area contributed by atoms with Crippen molar-refractivity contribution in [1.82, 2.24) is 0 Å². The maximum atomic E-state index is 14.7. The monoisotopic (exact) mass is 486 g/mol. The van der Waals surface area contributed by atoms with Crippen molar-refractivity contribution in [3.05, 3.63) is 106 Å². The second-order valence-corrected chi connectivity index (χ2v) is 8.03. The van der Waals surface area contributed by atoms with E-state index in [0.717, 1.165) is 42.7 Å². The Morgan fingerprint density at radius 2 is 1.37 bits per heavy atom. The highest BCUT2D eigenvalue weighted by atomic mass is 19.2. The van der Waals surface area contributed by atoms with Gasteiger partial charge in [-0.1, -0.05) is 37.3 Å². The summed E-state index contributed by atoms with van der Waals surface area (Å²) in [5, 5.41) is -1.07. The molecule has 0 fully saturated rings. The summed E-state index contributed by atoms with van der Waals surface area (Å²) in [4.78, 5) is 0. The number of aryl methyl sites for hydroxylation is 1. The van der Waals surface area contributed by atoms with E-state index in [1.165, 1.54) is 12.1 Å². The van der Waals surface area contributed by atoms with Crippen LogP contribution in [-0.4, -0.2) is 0 Å². The van der Waals surface area contributed by atoms with E-state index in [1.807, 2.05) is 6.92 Å². The zero-order valence-corrected chi connectivity index (χ0v) is 18.4. The molecule has 0 aromatic heterocycles. The Hall–Kier alpha value is -3.79. The maximum Gasteiger partial charge on any atom is 0.195 e. The number of fused-ring (bicyclic) bond motifs is 1. The Kier molecular flexibility index (Phi) is 6.83. The van der Waals surface area contributed by atoms with Gasteiger partial charge in [0.05, 0.1) is 10.9 Å². The third-order valence-electron chi connectivity index (χ3n) is 5.56. The van der Waals surface area contributed by atoms with E-state index < -0.39 is 51.7 Å². The molecule has 35 heavy (non-hydrogen) atoms. The first kappa shape index (κ1) is 24.3. The van der Waals surface area contributed by atoms with Gasteiger partial charge in [0.2, 0.25) is 0 Å². The van der Waals surface area contributed by atoms with Gasteiger partial charge in [0.1, 0.15) is 23.3 Å². The van der Waals surface area contributed by atoms with Gasteiger partial charge in [-0.05, 0) is 65.8 Å². The van der Waals surface area contributed by atoms with Gasteiger partial charge < -0.3 is 0 Å². The normalized spacial score (nSPS) is 11.0. The molecule has 0 nitrogen and oxygen atoms in total. The van der Waals surface area contributed by atoms with Crippen LogP contribution in [0.1, 0.15) is 36.5 Å². The Morgan fingerprint density at radius 3 is 2.03 bits per heavy atom. The molecule has 7 heteroatoms. The van der Waals surface area contributed by atoms with Gasteiger partial charge in [-0.15, -0.1) is 0 Å². The predicted molar refractivity (Wildman–Crippen MR) is 120 cm³/mol. The van der Waals surface area contributed by atoms with Gasteiger partial charge in [0.25, 0.3) is 0 Å². The average molecular weight is 486 g/mol. The highest BCUT2D eigenvalue weighted by Gasteiger charge is 2.18. The summed E-state index contributed by atoms with van der Waals surface area (Å²) in [7, 11) is 0. The van der Waals surface area contributed by atoms with Crippen molar-refractivity contribution in [2.24, 2.45) is 0 Å². The third kappa shape index (κ3) is 4.88. The van der Waals surface area contributed by atoms with Crippen LogP contribution in [0.5, 0.6) is 0 Å². The molecule has 0 unspecified atom stereocenters. The van der Waals surface area contributed by atoms with Gasteiger partial charge in [-0.3, -0.25) is 0 Å². The van der Waals surface area contributed by atoms with E-state index in [0.29, 0.717) is 12.5 Å². The number of rotatable bonds is 4. The molecule has 0 aliphatic rings. The molecule has 0 bridgehead atoms. The Labute approximate surface area is 197 Å². The third-order valence-corrected chi connectivity index (χ3v) is 5.56. The van der Waals surface area contributed by atoms with E-state index in [4.69, 9.17) is 0 Å². The Balaban J connectivity index is 1.69. The number of unbranched alkanes of at least 4 members (excludes halogenated alkanes) is 1. The first-order valence-corrected chi connectivity index (χ1v) is 10.8. The van der Waals surface area contributed by atoms with Gasteiger partial charge in [-0.25, -0.2) is 30.7 Å². The Morgan fingerprint density at radius 1 is 0.657 bits per heavy atom. The molecule has 0 saturated carbocycles. The smallest absolute Gasteiger partial charge is 0.195 e. The van der Waals surface area contributed by atoms with E-state index in [1.54, 1.807) is 6.07 Å². The lowest BCUT2D eigenvalue weighted by Gasteiger charge is -2.08. The summed E-state index contributed by atoms with van der Waals surface area (Å²) in [6.07, 6.45) is 2.52. The molecule has 0 aliphatic heterocycles. The van der Waals surface area contributed by atoms with Crippen molar-refractivity contribution in [1.29, 1.82) is 0 Å². The number of hydrogen-bond donors (Lipinski definition) is 0. The molecule has 0 saturated heterocycles. The lowest BCUT2D eigenvalue weighted by Crippen LogP contribution is -1.96. The molecule has 4 aromatic carbocycles. The molecule has 4 rings (SSSR count). The van der Waals surface area contributed by atoms with Crippen molar-refractivity contribution in [2.45, 2.75) is 26.2 Å². The van der Waals surface area contributed by atoms with Gasteiger partial charge in [0, 0.05) is 11.1 Å². The predicted octanol–water partition coefficient (Wildman–Crippen LogP) is 8.22. The zero-order valence-electron chi connectivity index (χ0n) is 18.4. The molecule has 0 heterocycles. The largest absolute Gasteiger partial charge is 0.206 e. The first-order valence-electron chi connectivity index (χ1n) is 10.8. The van der Waals surface area contributed by atoms with Gasteiger partial charge in [-0.2, -0.15) is 0 Å². The standard InChI is InChI=1S/C28H17F7/c1-2-3-4-15-5-7-19(21(29)10-15)17-12-22(30)20(23(31)13-17)8-6-16-9-18-14-25(33)27(34)28(35)26(18)24(32)11-16/h5,7,9-14H,2-4H2,1H3. The molecule has 0 spiro atoms. The summed E-state index contributed by atoms with van der Waals surface area (Å²) >= 11 is 0. The zero-order chi connectivity index (χ0) is 25.3. The van der Waals surface area contributed by atoms with Crippen LogP contribution < -0.4 is 0 Å². The number of hydrogen-bond acceptors (Lipinski definition) is 0. The summed E-state index contributed by atoms with van der Waals surface area (Å²) < 4.78 is 99.0. The molecule has 0 aliphatic carbocycles. The molecule has 0 atom stereocenters. The van der Waals surface area contributed by atoms with Crippen LogP contribution in [0.15, 0.2) is 48.5 Å². The summed E-state index contributed by atoms with van der Waals surface area (Å²) in [5.41, 5.74) is -0.00500. The minimum absolute atomic E-state index is 0.0187. The molecular weight excluding hydrogens is 469 g/mol. The van der Waals surface area contributed by atoms with Crippen LogP contribution in [0.4, 0.5) is 30.7 Å². The highest BCUT2D eigenvalue weighted by Crippen LogP contribution is 2.29. The molecule has 178 valence electrons. The van der Waals surface area contributed by atoms with Crippen molar-refractivity contribution in [3.63, 3.8) is 0 Å². The van der Waals surface area contributed by atoms with Crippen molar-refractivity contribution in [2.75, 3.05) is 0 Å². The second-order valence-electron chi connectivity index (χ2n) is 8.03. The fourth-order valence-electron chi connectivity index (χ4n) is 3.77. The van der Waals surface area contributed by atoms with E-state index in [-0.39, 0.29) is 22.1 Å². The van der Waals surface area contributed by atoms with Gasteiger partial charge in [0.15, 0.2) is 17.5 Å². The topological polar surface area (TPSA) is 0 Å². The van der Waals surface area contributed by atoms with Crippen LogP contribution in [-0.2, 0) is 6.42 Å². The quantitative estimate of drug-likeness (QED) is 0.155. The lowest BCUT2D eigenvalue weighted by molar-refractivity contribution is 0.451. The van der Waals surface area contributed by atoms with E-state index in [2.05, 4.69) is 11.8 Å². The number of benzene rings is 4. The van der Waals surface area contributed by atoms with Crippen LogP contribution in [0.3, 0.4) is 0 Å². The lowest BCUT2D eigenvalue weighted by atomic mass is 9.99. The summed E-state index contributed by atoms with van der Waals surface area (Å²) in [5.74, 6) is -4.39. The maximum absolute atomic E-state index is 14.7. The molecule has 0 radical (unpaired) electrons. The fourth-order valence-corrected chi connectivity index (χ4v) is 3.77. The average Bonchev–Trinajstić information content (AvgIpc) is 2.80. The van der Waals surface area contributed by atoms with Crippen LogP contribution in [0.2, 0.25) is 0 Å². The van der Waals surface area contributed by atoms with Crippen LogP contribution in [0.25, 0.3) is 21.9 Å². The van der Waals surface area contributed by atoms with E-state index >= 15 is 0 Å². The van der Waals surface area contributed by atoms with Crippen molar-refractivity contribution >= 4 is 10.8 Å². The first-order chi connectivity index (χ1) is 16.7. The molecule has 0 N–H and O–H groups in total. The van der Waals surface area contributed by atoms with E-state index in [9.17, 15) is 30.7 Å².